The Balaban J connectivity index is 1.71. The number of carboxylic acid groups (broad SMARTS) is 1. The van der Waals surface area contributed by atoms with Crippen molar-refractivity contribution >= 4 is 57.6 Å². The number of carboxylic acids is 1. The van der Waals surface area contributed by atoms with Crippen LogP contribution in [0.3, 0.4) is 0 Å². The highest BCUT2D eigenvalue weighted by Gasteiger charge is 2.17. The van der Waals surface area contributed by atoms with Crippen LogP contribution in [-0.2, 0) is 16.0 Å². The molecule has 7 nitrogen and oxygen atoms in total. The van der Waals surface area contributed by atoms with Gasteiger partial charge in [-0.25, -0.2) is 9.78 Å². The van der Waals surface area contributed by atoms with Gasteiger partial charge in [0, 0.05) is 34.3 Å². The zero-order chi connectivity index (χ0) is 28.5. The number of carbonyl (C=O) groups is 2. The van der Waals surface area contributed by atoms with Crippen molar-refractivity contribution in [1.82, 2.24) is 4.98 Å². The summed E-state index contributed by atoms with van der Waals surface area (Å²) >= 11 is 13.9. The van der Waals surface area contributed by atoms with Crippen LogP contribution in [0.25, 0.3) is 17.3 Å². The predicted molar refractivity (Wildman–Crippen MR) is 158 cm³/mol. The van der Waals surface area contributed by atoms with Crippen LogP contribution in [-0.4, -0.2) is 42.3 Å². The normalized spacial score (nSPS) is 11.6. The Morgan fingerprint density at radius 3 is 2.54 bits per heavy atom. The van der Waals surface area contributed by atoms with Crippen molar-refractivity contribution in [1.29, 1.82) is 0 Å². The van der Waals surface area contributed by atoms with Gasteiger partial charge in [0.15, 0.2) is 5.13 Å². The van der Waals surface area contributed by atoms with E-state index in [0.29, 0.717) is 35.3 Å². The molecule has 0 unspecified atom stereocenters. The summed E-state index contributed by atoms with van der Waals surface area (Å²) in [4.78, 5) is 28.6. The van der Waals surface area contributed by atoms with Gasteiger partial charge in [0.1, 0.15) is 5.75 Å². The quantitative estimate of drug-likeness (QED) is 0.155. The Kier molecular flexibility index (Phi) is 11.4. The fourth-order valence-corrected chi connectivity index (χ4v) is 5.16. The zero-order valence-electron chi connectivity index (χ0n) is 22.3. The molecule has 1 amide bonds. The van der Waals surface area contributed by atoms with E-state index in [1.165, 1.54) is 36.5 Å². The number of aromatic nitrogens is 1. The first-order valence-corrected chi connectivity index (χ1v) is 14.2. The number of para-hydroxylation sites is 1. The number of hydrogen-bond donors (Lipinski definition) is 2. The number of nitrogens with zero attached hydrogens (tertiary/aromatic N) is 1. The minimum atomic E-state index is -1.09. The zero-order valence-corrected chi connectivity index (χ0v) is 24.7. The van der Waals surface area contributed by atoms with Gasteiger partial charge in [-0.15, -0.1) is 11.3 Å². The number of hydrogen-bond acceptors (Lipinski definition) is 6. The number of aliphatic carboxylic acids is 1. The van der Waals surface area contributed by atoms with Crippen molar-refractivity contribution in [3.05, 3.63) is 68.0 Å². The molecule has 2 aromatic carbocycles. The highest BCUT2D eigenvalue weighted by Crippen LogP contribution is 2.35. The maximum Gasteiger partial charge on any atom is 0.331 e. The minimum absolute atomic E-state index is 0.0694. The average molecular weight is 592 g/mol. The Morgan fingerprint density at radius 1 is 1.18 bits per heavy atom. The molecule has 0 saturated carbocycles. The first-order valence-electron chi connectivity index (χ1n) is 12.5. The molecule has 3 aromatic rings. The topological polar surface area (TPSA) is 97.8 Å². The largest absolute Gasteiger partial charge is 0.496 e. The Hall–Kier alpha value is -2.91. The summed E-state index contributed by atoms with van der Waals surface area (Å²) in [6.07, 6.45) is 4.27. The Labute approximate surface area is 242 Å². The Bertz CT molecular complexity index is 1330. The number of ether oxygens (including phenoxy) is 2. The molecule has 39 heavy (non-hydrogen) atoms. The molecule has 1 heterocycles. The molecule has 0 bridgehead atoms. The van der Waals surface area contributed by atoms with E-state index in [0.717, 1.165) is 36.3 Å². The SMILES string of the molecule is COc1c(CCOCCCC(C)C)cccc1-c1csc(NC(=O)c2cc(Cl)c(/C=C(\C)C(=O)O)c(Cl)c2)n1. The van der Waals surface area contributed by atoms with Gasteiger partial charge in [0.2, 0.25) is 0 Å². The minimum Gasteiger partial charge on any atom is -0.496 e. The van der Waals surface area contributed by atoms with Crippen LogP contribution in [0.1, 0.15) is 55.1 Å². The second-order valence-electron chi connectivity index (χ2n) is 9.37. The van der Waals surface area contributed by atoms with Crippen LogP contribution in [0.5, 0.6) is 5.75 Å². The molecule has 0 radical (unpaired) electrons. The van der Waals surface area contributed by atoms with Crippen molar-refractivity contribution in [3.8, 4) is 17.0 Å². The lowest BCUT2D eigenvalue weighted by Gasteiger charge is -2.13. The monoisotopic (exact) mass is 590 g/mol. The van der Waals surface area contributed by atoms with E-state index < -0.39 is 11.9 Å². The predicted octanol–water partition coefficient (Wildman–Crippen LogP) is 7.86. The number of methoxy groups -OCH3 is 1. The number of anilines is 1. The standard InChI is InChI=1S/C29H32Cl2N2O5S/c1-17(2)7-6-11-38-12-10-19-8-5-9-21(26(19)37-4)25-16-39-29(32-25)33-27(34)20-14-23(30)22(24(31)15-20)13-18(3)28(35)36/h5,8-9,13-17H,6-7,10-12H2,1-4H3,(H,35,36)(H,32,33,34)/b18-13+. The number of thiazole rings is 1. The number of benzene rings is 2. The van der Waals surface area contributed by atoms with Crippen LogP contribution in [0.4, 0.5) is 5.13 Å². The summed E-state index contributed by atoms with van der Waals surface area (Å²) in [6.45, 7) is 7.19. The molecular weight excluding hydrogens is 559 g/mol. The van der Waals surface area contributed by atoms with Crippen LogP contribution in [0.15, 0.2) is 41.3 Å². The summed E-state index contributed by atoms with van der Waals surface area (Å²) in [5, 5.41) is 14.5. The van der Waals surface area contributed by atoms with Crippen molar-refractivity contribution in [3.63, 3.8) is 0 Å². The molecule has 1 aromatic heterocycles. The van der Waals surface area contributed by atoms with Crippen LogP contribution >= 0.6 is 34.5 Å². The van der Waals surface area contributed by atoms with E-state index in [1.807, 2.05) is 23.6 Å². The molecule has 0 aliphatic rings. The van der Waals surface area contributed by atoms with Gasteiger partial charge < -0.3 is 14.6 Å². The maximum absolute atomic E-state index is 12.9. The lowest BCUT2D eigenvalue weighted by atomic mass is 10.0. The number of nitrogens with one attached hydrogen (secondary N) is 1. The van der Waals surface area contributed by atoms with Gasteiger partial charge in [-0.1, -0.05) is 49.2 Å². The molecule has 10 heteroatoms. The van der Waals surface area contributed by atoms with Gasteiger partial charge in [-0.2, -0.15) is 0 Å². The fourth-order valence-electron chi connectivity index (χ4n) is 3.86. The van der Waals surface area contributed by atoms with E-state index in [-0.39, 0.29) is 21.2 Å². The van der Waals surface area contributed by atoms with Gasteiger partial charge in [-0.3, -0.25) is 10.1 Å². The molecule has 0 saturated heterocycles. The van der Waals surface area contributed by atoms with Crippen LogP contribution in [0, 0.1) is 5.92 Å². The van der Waals surface area contributed by atoms with Crippen LogP contribution < -0.4 is 10.1 Å². The highest BCUT2D eigenvalue weighted by molar-refractivity contribution is 7.14. The summed E-state index contributed by atoms with van der Waals surface area (Å²) in [6, 6.07) is 8.78. The third-order valence-electron chi connectivity index (χ3n) is 5.93. The molecule has 0 aliphatic carbocycles. The molecular formula is C29H32Cl2N2O5S. The molecule has 0 atom stereocenters. The molecule has 208 valence electrons. The number of halogens is 2. The fraction of sp³-hybridized carbons (Fsp3) is 0.345. The van der Waals surface area contributed by atoms with E-state index in [9.17, 15) is 9.59 Å². The third kappa shape index (κ3) is 8.54. The number of carbonyl (C=O) groups excluding carboxylic acids is 1. The first-order chi connectivity index (χ1) is 18.6. The Morgan fingerprint density at radius 2 is 1.90 bits per heavy atom. The third-order valence-corrected chi connectivity index (χ3v) is 7.31. The average Bonchev–Trinajstić information content (AvgIpc) is 3.35. The first kappa shape index (κ1) is 30.6. The lowest BCUT2D eigenvalue weighted by Crippen LogP contribution is -2.12. The molecule has 0 aliphatic heterocycles. The number of amides is 1. The summed E-state index contributed by atoms with van der Waals surface area (Å²) < 4.78 is 11.5. The summed E-state index contributed by atoms with van der Waals surface area (Å²) in [5.41, 5.74) is 3.14. The second-order valence-corrected chi connectivity index (χ2v) is 11.0. The highest BCUT2D eigenvalue weighted by atomic mass is 35.5. The van der Waals surface area contributed by atoms with Gasteiger partial charge in [0.05, 0.1) is 29.5 Å². The number of rotatable bonds is 13. The second kappa shape index (κ2) is 14.5. The van der Waals surface area contributed by atoms with Crippen molar-refractivity contribution in [2.24, 2.45) is 5.92 Å². The van der Waals surface area contributed by atoms with Gasteiger partial charge >= 0.3 is 5.97 Å². The van der Waals surface area contributed by atoms with E-state index >= 15 is 0 Å². The molecule has 0 spiro atoms. The van der Waals surface area contributed by atoms with Crippen LogP contribution in [0.2, 0.25) is 10.0 Å². The van der Waals surface area contributed by atoms with Gasteiger partial charge in [0.25, 0.3) is 5.91 Å². The lowest BCUT2D eigenvalue weighted by molar-refractivity contribution is -0.132. The maximum atomic E-state index is 12.9. The summed E-state index contributed by atoms with van der Waals surface area (Å²) in [5.74, 6) is -0.131. The molecule has 2 N–H and O–H groups in total. The summed E-state index contributed by atoms with van der Waals surface area (Å²) in [7, 11) is 1.63. The van der Waals surface area contributed by atoms with Crippen molar-refractivity contribution < 1.29 is 24.2 Å². The molecule has 0 fully saturated rings. The van der Waals surface area contributed by atoms with Gasteiger partial charge in [-0.05, 0) is 61.9 Å². The van der Waals surface area contributed by atoms with Crippen molar-refractivity contribution in [2.45, 2.75) is 40.0 Å². The smallest absolute Gasteiger partial charge is 0.331 e. The van der Waals surface area contributed by atoms with Crippen molar-refractivity contribution in [2.75, 3.05) is 25.6 Å². The molecule has 3 rings (SSSR count). The van der Waals surface area contributed by atoms with E-state index in [2.05, 4.69) is 24.1 Å². The van der Waals surface area contributed by atoms with E-state index in [4.69, 9.17) is 37.8 Å². The van der Waals surface area contributed by atoms with E-state index in [1.54, 1.807) is 7.11 Å².